The number of rotatable bonds is 4. The minimum Gasteiger partial charge on any atom is -0.367 e. The van der Waals surface area contributed by atoms with Gasteiger partial charge in [-0.1, -0.05) is 0 Å². The molecular formula is C12H21N3. The average Bonchev–Trinajstić information content (AvgIpc) is 2.81. The van der Waals surface area contributed by atoms with Crippen LogP contribution < -0.4 is 10.6 Å². The van der Waals surface area contributed by atoms with Gasteiger partial charge >= 0.3 is 0 Å². The van der Waals surface area contributed by atoms with E-state index in [1.165, 1.54) is 37.9 Å². The standard InChI is InChI=1S/C12H21N3/c1-13-12(11-4-7-15-9-11)8-10-2-5-14-6-3-10/h4,7,9-10,12-15H,2-3,5-6,8H2,1H3. The number of hydrogen-bond donors (Lipinski definition) is 3. The normalized spacial score (nSPS) is 20.3. The first-order valence-corrected chi connectivity index (χ1v) is 5.91. The lowest BCUT2D eigenvalue weighted by molar-refractivity contribution is 0.318. The highest BCUT2D eigenvalue weighted by molar-refractivity contribution is 5.13. The van der Waals surface area contributed by atoms with Gasteiger partial charge in [0.1, 0.15) is 0 Å². The predicted molar refractivity (Wildman–Crippen MR) is 62.8 cm³/mol. The van der Waals surface area contributed by atoms with Gasteiger partial charge in [-0.05, 0) is 56.9 Å². The lowest BCUT2D eigenvalue weighted by atomic mass is 9.89. The third kappa shape index (κ3) is 2.83. The zero-order chi connectivity index (χ0) is 10.5. The molecule has 0 radical (unpaired) electrons. The molecular weight excluding hydrogens is 186 g/mol. The quantitative estimate of drug-likeness (QED) is 0.703. The van der Waals surface area contributed by atoms with Gasteiger partial charge in [0, 0.05) is 18.4 Å². The third-order valence-corrected chi connectivity index (χ3v) is 3.40. The molecule has 0 saturated carbocycles. The van der Waals surface area contributed by atoms with Crippen molar-refractivity contribution in [2.75, 3.05) is 20.1 Å². The van der Waals surface area contributed by atoms with Crippen LogP contribution in [0, 0.1) is 5.92 Å². The second-order valence-electron chi connectivity index (χ2n) is 4.41. The van der Waals surface area contributed by atoms with Crippen molar-refractivity contribution in [1.29, 1.82) is 0 Å². The van der Waals surface area contributed by atoms with Crippen molar-refractivity contribution < 1.29 is 0 Å². The van der Waals surface area contributed by atoms with E-state index in [4.69, 9.17) is 0 Å². The predicted octanol–water partition coefficient (Wildman–Crippen LogP) is 1.66. The van der Waals surface area contributed by atoms with Crippen LogP contribution in [0.25, 0.3) is 0 Å². The molecule has 0 spiro atoms. The number of piperidine rings is 1. The van der Waals surface area contributed by atoms with E-state index < -0.39 is 0 Å². The molecule has 1 aromatic rings. The van der Waals surface area contributed by atoms with Crippen LogP contribution in [-0.4, -0.2) is 25.1 Å². The fraction of sp³-hybridized carbons (Fsp3) is 0.667. The average molecular weight is 207 g/mol. The summed E-state index contributed by atoms with van der Waals surface area (Å²) in [6.07, 6.45) is 8.01. The van der Waals surface area contributed by atoms with E-state index in [0.717, 1.165) is 5.92 Å². The second kappa shape index (κ2) is 5.33. The molecule has 0 aromatic carbocycles. The Morgan fingerprint density at radius 2 is 2.27 bits per heavy atom. The van der Waals surface area contributed by atoms with E-state index in [2.05, 4.69) is 34.9 Å². The Labute approximate surface area is 91.7 Å². The Kier molecular flexibility index (Phi) is 3.80. The van der Waals surface area contributed by atoms with Gasteiger partial charge in [0.2, 0.25) is 0 Å². The van der Waals surface area contributed by atoms with E-state index in [9.17, 15) is 0 Å². The van der Waals surface area contributed by atoms with E-state index >= 15 is 0 Å². The molecule has 15 heavy (non-hydrogen) atoms. The maximum absolute atomic E-state index is 3.41. The molecule has 0 bridgehead atoms. The van der Waals surface area contributed by atoms with Crippen molar-refractivity contribution in [3.8, 4) is 0 Å². The molecule has 1 aliphatic heterocycles. The van der Waals surface area contributed by atoms with Gasteiger partial charge in [-0.3, -0.25) is 0 Å². The van der Waals surface area contributed by atoms with Crippen LogP contribution in [0.5, 0.6) is 0 Å². The van der Waals surface area contributed by atoms with E-state index in [1.54, 1.807) is 0 Å². The summed E-state index contributed by atoms with van der Waals surface area (Å²) < 4.78 is 0. The minimum absolute atomic E-state index is 0.513. The van der Waals surface area contributed by atoms with Crippen molar-refractivity contribution in [2.45, 2.75) is 25.3 Å². The molecule has 1 fully saturated rings. The first kappa shape index (κ1) is 10.7. The zero-order valence-electron chi connectivity index (χ0n) is 9.42. The molecule has 3 heteroatoms. The smallest absolute Gasteiger partial charge is 0.0335 e. The van der Waals surface area contributed by atoms with Crippen LogP contribution in [-0.2, 0) is 0 Å². The summed E-state index contributed by atoms with van der Waals surface area (Å²) >= 11 is 0. The summed E-state index contributed by atoms with van der Waals surface area (Å²) in [6.45, 7) is 2.38. The van der Waals surface area contributed by atoms with Crippen molar-refractivity contribution in [3.05, 3.63) is 24.0 Å². The Balaban J connectivity index is 1.90. The fourth-order valence-electron chi connectivity index (χ4n) is 2.42. The highest BCUT2D eigenvalue weighted by Gasteiger charge is 2.18. The summed E-state index contributed by atoms with van der Waals surface area (Å²) in [4.78, 5) is 3.13. The Morgan fingerprint density at radius 3 is 2.87 bits per heavy atom. The zero-order valence-corrected chi connectivity index (χ0v) is 9.42. The van der Waals surface area contributed by atoms with Crippen molar-refractivity contribution in [3.63, 3.8) is 0 Å². The molecule has 84 valence electrons. The Morgan fingerprint density at radius 1 is 1.47 bits per heavy atom. The first-order valence-electron chi connectivity index (χ1n) is 5.91. The summed E-state index contributed by atoms with van der Waals surface area (Å²) in [5.41, 5.74) is 1.39. The third-order valence-electron chi connectivity index (χ3n) is 3.40. The van der Waals surface area contributed by atoms with E-state index in [0.29, 0.717) is 6.04 Å². The van der Waals surface area contributed by atoms with E-state index in [1.807, 2.05) is 6.20 Å². The summed E-state index contributed by atoms with van der Waals surface area (Å²) in [6, 6.07) is 2.68. The number of hydrogen-bond acceptors (Lipinski definition) is 2. The molecule has 1 aromatic heterocycles. The van der Waals surface area contributed by atoms with E-state index in [-0.39, 0.29) is 0 Å². The molecule has 3 N–H and O–H groups in total. The van der Waals surface area contributed by atoms with Gasteiger partial charge in [0.05, 0.1) is 0 Å². The number of aromatic nitrogens is 1. The maximum Gasteiger partial charge on any atom is 0.0335 e. The summed E-state index contributed by atoms with van der Waals surface area (Å²) in [7, 11) is 2.05. The molecule has 1 aliphatic rings. The fourth-order valence-corrected chi connectivity index (χ4v) is 2.42. The number of aromatic amines is 1. The number of nitrogens with one attached hydrogen (secondary N) is 3. The highest BCUT2D eigenvalue weighted by atomic mass is 14.9. The SMILES string of the molecule is CNC(CC1CCNCC1)c1cc[nH]c1. The highest BCUT2D eigenvalue weighted by Crippen LogP contribution is 2.25. The van der Waals surface area contributed by atoms with Crippen LogP contribution >= 0.6 is 0 Å². The summed E-state index contributed by atoms with van der Waals surface area (Å²) in [5, 5.41) is 6.83. The van der Waals surface area contributed by atoms with Gasteiger partial charge in [-0.15, -0.1) is 0 Å². The van der Waals surface area contributed by atoms with Crippen LogP contribution in [0.4, 0.5) is 0 Å². The van der Waals surface area contributed by atoms with Gasteiger partial charge in [0.15, 0.2) is 0 Å². The van der Waals surface area contributed by atoms with Crippen LogP contribution in [0.3, 0.4) is 0 Å². The second-order valence-corrected chi connectivity index (χ2v) is 4.41. The Bertz CT molecular complexity index is 262. The van der Waals surface area contributed by atoms with Crippen molar-refractivity contribution in [1.82, 2.24) is 15.6 Å². The summed E-state index contributed by atoms with van der Waals surface area (Å²) in [5.74, 6) is 0.874. The molecule has 1 atom stereocenters. The lowest BCUT2D eigenvalue weighted by Crippen LogP contribution is -2.30. The lowest BCUT2D eigenvalue weighted by Gasteiger charge is -2.26. The first-order chi connectivity index (χ1) is 7.40. The topological polar surface area (TPSA) is 39.8 Å². The van der Waals surface area contributed by atoms with Crippen LogP contribution in [0.2, 0.25) is 0 Å². The Hall–Kier alpha value is -0.800. The molecule has 2 heterocycles. The molecule has 1 saturated heterocycles. The molecule has 3 nitrogen and oxygen atoms in total. The molecule has 0 aliphatic carbocycles. The van der Waals surface area contributed by atoms with Gasteiger partial charge < -0.3 is 15.6 Å². The van der Waals surface area contributed by atoms with Crippen molar-refractivity contribution in [2.24, 2.45) is 5.92 Å². The van der Waals surface area contributed by atoms with Crippen molar-refractivity contribution >= 4 is 0 Å². The molecule has 0 amide bonds. The van der Waals surface area contributed by atoms with Gasteiger partial charge in [0.25, 0.3) is 0 Å². The van der Waals surface area contributed by atoms with Crippen LogP contribution in [0.1, 0.15) is 30.9 Å². The van der Waals surface area contributed by atoms with Gasteiger partial charge in [-0.2, -0.15) is 0 Å². The largest absolute Gasteiger partial charge is 0.367 e. The molecule has 2 rings (SSSR count). The monoisotopic (exact) mass is 207 g/mol. The molecule has 1 unspecified atom stereocenters. The number of H-pyrrole nitrogens is 1. The maximum atomic E-state index is 3.41. The minimum atomic E-state index is 0.513. The van der Waals surface area contributed by atoms with Crippen LogP contribution in [0.15, 0.2) is 18.5 Å². The van der Waals surface area contributed by atoms with Gasteiger partial charge in [-0.25, -0.2) is 0 Å².